The van der Waals surface area contributed by atoms with E-state index in [2.05, 4.69) is 11.9 Å². The van der Waals surface area contributed by atoms with Gasteiger partial charge in [-0.15, -0.1) is 6.58 Å². The Balaban J connectivity index is 2.76. The molecule has 1 amide bonds. The molecule has 1 rings (SSSR count). The number of hydrogen-bond acceptors (Lipinski definition) is 3. The molecule has 0 aliphatic heterocycles. The smallest absolute Gasteiger partial charge is 0.326 e. The molecule has 4 N–H and O–H groups in total. The molecule has 5 nitrogen and oxygen atoms in total. The molecule has 0 aromatic heterocycles. The largest absolute Gasteiger partial charge is 0.480 e. The molecule has 0 spiro atoms. The third kappa shape index (κ3) is 4.06. The first kappa shape index (κ1) is 15.7. The van der Waals surface area contributed by atoms with E-state index < -0.39 is 17.4 Å². The number of amides is 1. The number of carbonyl (C=O) groups is 2. The topological polar surface area (TPSA) is 92.4 Å². The molecular weight excluding hydrogens is 244 g/mol. The molecule has 1 aliphatic carbocycles. The number of carbonyl (C=O) groups excluding carboxylic acids is 1. The number of aliphatic carboxylic acids is 1. The van der Waals surface area contributed by atoms with Crippen LogP contribution in [0.15, 0.2) is 12.7 Å². The van der Waals surface area contributed by atoms with E-state index in [4.69, 9.17) is 10.8 Å². The van der Waals surface area contributed by atoms with Crippen LogP contribution in [0.5, 0.6) is 0 Å². The fourth-order valence-corrected chi connectivity index (χ4v) is 2.63. The summed E-state index contributed by atoms with van der Waals surface area (Å²) >= 11 is 0. The lowest BCUT2D eigenvalue weighted by atomic mass is 9.79. The molecular formula is C14H24N2O3. The van der Waals surface area contributed by atoms with Gasteiger partial charge in [0.15, 0.2) is 0 Å². The van der Waals surface area contributed by atoms with Crippen molar-refractivity contribution in [3.05, 3.63) is 12.7 Å². The Morgan fingerprint density at radius 1 is 1.32 bits per heavy atom. The second-order valence-corrected chi connectivity index (χ2v) is 5.29. The summed E-state index contributed by atoms with van der Waals surface area (Å²) in [5.41, 5.74) is 5.21. The average molecular weight is 268 g/mol. The number of carboxylic acids is 1. The number of hydrogen-bond donors (Lipinski definition) is 3. The highest BCUT2D eigenvalue weighted by atomic mass is 16.4. The molecule has 108 valence electrons. The molecule has 1 aliphatic rings. The quantitative estimate of drug-likeness (QED) is 0.502. The van der Waals surface area contributed by atoms with Crippen LogP contribution in [0.3, 0.4) is 0 Å². The average Bonchev–Trinajstić information content (AvgIpc) is 2.64. The summed E-state index contributed by atoms with van der Waals surface area (Å²) in [5.74, 6) is -1.25. The summed E-state index contributed by atoms with van der Waals surface area (Å²) in [4.78, 5) is 23.5. The normalized spacial score (nSPS) is 20.1. The summed E-state index contributed by atoms with van der Waals surface area (Å²) in [6.07, 6.45) is 7.40. The molecule has 0 radical (unpaired) electrons. The van der Waals surface area contributed by atoms with Gasteiger partial charge in [0.1, 0.15) is 6.04 Å². The highest BCUT2D eigenvalue weighted by molar-refractivity contribution is 5.87. The van der Waals surface area contributed by atoms with Crippen molar-refractivity contribution in [2.24, 2.45) is 11.1 Å². The SMILES string of the molecule is C=CCC(NC(=O)C1(CN)CCCCCC1)C(=O)O. The van der Waals surface area contributed by atoms with Crippen molar-refractivity contribution in [1.29, 1.82) is 0 Å². The van der Waals surface area contributed by atoms with Crippen molar-refractivity contribution in [2.45, 2.75) is 51.0 Å². The first-order chi connectivity index (χ1) is 9.05. The van der Waals surface area contributed by atoms with E-state index in [1.54, 1.807) is 0 Å². The first-order valence-electron chi connectivity index (χ1n) is 6.90. The minimum Gasteiger partial charge on any atom is -0.480 e. The van der Waals surface area contributed by atoms with Crippen molar-refractivity contribution in [2.75, 3.05) is 6.54 Å². The number of nitrogens with two attached hydrogens (primary N) is 1. The Kier molecular flexibility index (Phi) is 6.02. The van der Waals surface area contributed by atoms with Crippen molar-refractivity contribution in [3.8, 4) is 0 Å². The molecule has 1 unspecified atom stereocenters. The van der Waals surface area contributed by atoms with E-state index in [1.807, 2.05) is 0 Å². The maximum absolute atomic E-state index is 12.4. The summed E-state index contributed by atoms with van der Waals surface area (Å²) in [5, 5.41) is 11.7. The van der Waals surface area contributed by atoms with E-state index in [9.17, 15) is 9.59 Å². The van der Waals surface area contributed by atoms with Crippen molar-refractivity contribution in [3.63, 3.8) is 0 Å². The Hall–Kier alpha value is -1.36. The molecule has 19 heavy (non-hydrogen) atoms. The van der Waals surface area contributed by atoms with Crippen molar-refractivity contribution >= 4 is 11.9 Å². The third-order valence-electron chi connectivity index (χ3n) is 3.94. The summed E-state index contributed by atoms with van der Waals surface area (Å²) in [7, 11) is 0. The Labute approximate surface area is 114 Å². The lowest BCUT2D eigenvalue weighted by molar-refractivity contribution is -0.144. The molecule has 5 heteroatoms. The van der Waals surface area contributed by atoms with Gasteiger partial charge in [-0.1, -0.05) is 31.8 Å². The van der Waals surface area contributed by atoms with Crippen LogP contribution in [0.2, 0.25) is 0 Å². The molecule has 0 saturated heterocycles. The zero-order chi connectivity index (χ0) is 14.3. The van der Waals surface area contributed by atoms with Crippen LogP contribution in [0.1, 0.15) is 44.9 Å². The van der Waals surface area contributed by atoms with Gasteiger partial charge in [0.2, 0.25) is 5.91 Å². The third-order valence-corrected chi connectivity index (χ3v) is 3.94. The summed E-state index contributed by atoms with van der Waals surface area (Å²) in [6.45, 7) is 3.79. The minimum atomic E-state index is -1.03. The van der Waals surface area contributed by atoms with Crippen molar-refractivity contribution in [1.82, 2.24) is 5.32 Å². The predicted octanol–water partition coefficient (Wildman–Crippen LogP) is 1.43. The van der Waals surface area contributed by atoms with Gasteiger partial charge in [-0.2, -0.15) is 0 Å². The number of rotatable bonds is 6. The van der Waals surface area contributed by atoms with Gasteiger partial charge in [-0.25, -0.2) is 4.79 Å². The molecule has 1 saturated carbocycles. The van der Waals surface area contributed by atoms with E-state index in [1.165, 1.54) is 6.08 Å². The second kappa shape index (κ2) is 7.28. The Bertz CT molecular complexity index is 334. The van der Waals surface area contributed by atoms with Gasteiger partial charge < -0.3 is 16.2 Å². The van der Waals surface area contributed by atoms with Crippen LogP contribution < -0.4 is 11.1 Å². The maximum atomic E-state index is 12.4. The van der Waals surface area contributed by atoms with Crippen LogP contribution in [0, 0.1) is 5.41 Å². The zero-order valence-electron chi connectivity index (χ0n) is 11.4. The monoisotopic (exact) mass is 268 g/mol. The van der Waals surface area contributed by atoms with E-state index in [-0.39, 0.29) is 18.9 Å². The van der Waals surface area contributed by atoms with Crippen LogP contribution in [-0.4, -0.2) is 29.6 Å². The summed E-state index contributed by atoms with van der Waals surface area (Å²) in [6, 6.07) is -0.906. The zero-order valence-corrected chi connectivity index (χ0v) is 11.4. The Morgan fingerprint density at radius 2 is 1.89 bits per heavy atom. The van der Waals surface area contributed by atoms with Crippen LogP contribution >= 0.6 is 0 Å². The molecule has 0 aromatic carbocycles. The molecule has 0 bridgehead atoms. The van der Waals surface area contributed by atoms with E-state index >= 15 is 0 Å². The lowest BCUT2D eigenvalue weighted by Gasteiger charge is -2.31. The number of nitrogens with one attached hydrogen (secondary N) is 1. The fourth-order valence-electron chi connectivity index (χ4n) is 2.63. The molecule has 0 heterocycles. The maximum Gasteiger partial charge on any atom is 0.326 e. The van der Waals surface area contributed by atoms with E-state index in [0.29, 0.717) is 0 Å². The van der Waals surface area contributed by atoms with Gasteiger partial charge in [0.25, 0.3) is 0 Å². The highest BCUT2D eigenvalue weighted by Gasteiger charge is 2.38. The van der Waals surface area contributed by atoms with Crippen LogP contribution in [0.4, 0.5) is 0 Å². The minimum absolute atomic E-state index is 0.217. The van der Waals surface area contributed by atoms with Crippen molar-refractivity contribution < 1.29 is 14.7 Å². The fraction of sp³-hybridized carbons (Fsp3) is 0.714. The molecule has 1 fully saturated rings. The number of carboxylic acid groups (broad SMARTS) is 1. The summed E-state index contributed by atoms with van der Waals surface area (Å²) < 4.78 is 0. The van der Waals surface area contributed by atoms with Gasteiger partial charge in [-0.3, -0.25) is 4.79 Å². The molecule has 1 atom stereocenters. The second-order valence-electron chi connectivity index (χ2n) is 5.29. The van der Waals surface area contributed by atoms with Gasteiger partial charge >= 0.3 is 5.97 Å². The van der Waals surface area contributed by atoms with Crippen LogP contribution in [0.25, 0.3) is 0 Å². The van der Waals surface area contributed by atoms with Crippen LogP contribution in [-0.2, 0) is 9.59 Å². The Morgan fingerprint density at radius 3 is 2.32 bits per heavy atom. The van der Waals surface area contributed by atoms with E-state index in [0.717, 1.165) is 38.5 Å². The van der Waals surface area contributed by atoms with Gasteiger partial charge in [0, 0.05) is 6.54 Å². The first-order valence-corrected chi connectivity index (χ1v) is 6.90. The lowest BCUT2D eigenvalue weighted by Crippen LogP contribution is -2.51. The standard InChI is InChI=1S/C14H24N2O3/c1-2-7-11(12(17)18)16-13(19)14(10-15)8-5-3-4-6-9-14/h2,11H,1,3-10,15H2,(H,16,19)(H,17,18). The van der Waals surface area contributed by atoms with Gasteiger partial charge in [-0.05, 0) is 19.3 Å². The highest BCUT2D eigenvalue weighted by Crippen LogP contribution is 2.34. The van der Waals surface area contributed by atoms with Gasteiger partial charge in [0.05, 0.1) is 5.41 Å². The predicted molar refractivity (Wildman–Crippen MR) is 73.6 cm³/mol. The molecule has 0 aromatic rings.